The number of benzene rings is 2. The fourth-order valence-electron chi connectivity index (χ4n) is 3.62. The van der Waals surface area contributed by atoms with Crippen LogP contribution in [0.15, 0.2) is 30.3 Å². The number of ether oxygens (including phenoxy) is 2. The first-order valence-corrected chi connectivity index (χ1v) is 8.84. The first-order chi connectivity index (χ1) is 11.8. The van der Waals surface area contributed by atoms with E-state index in [0.717, 1.165) is 40.9 Å². The summed E-state index contributed by atoms with van der Waals surface area (Å²) >= 11 is 0. The third-order valence-electron chi connectivity index (χ3n) is 4.74. The van der Waals surface area contributed by atoms with Gasteiger partial charge in [0.2, 0.25) is 0 Å². The Morgan fingerprint density at radius 3 is 2.52 bits per heavy atom. The van der Waals surface area contributed by atoms with E-state index in [2.05, 4.69) is 27.7 Å². The Hall–Kier alpha value is -2.29. The summed E-state index contributed by atoms with van der Waals surface area (Å²) in [5.74, 6) is 1.87. The van der Waals surface area contributed by atoms with E-state index in [1.165, 1.54) is 5.56 Å². The van der Waals surface area contributed by atoms with Crippen LogP contribution in [-0.2, 0) is 13.0 Å². The molecule has 0 aliphatic carbocycles. The molecule has 0 amide bonds. The molecule has 0 saturated carbocycles. The highest BCUT2D eigenvalue weighted by atomic mass is 16.5. The molecule has 1 heterocycles. The van der Waals surface area contributed by atoms with Crippen molar-refractivity contribution in [2.45, 2.75) is 59.2 Å². The molecule has 2 aromatic carbocycles. The molecule has 0 unspecified atom stereocenters. The van der Waals surface area contributed by atoms with Gasteiger partial charge in [-0.1, -0.05) is 44.2 Å². The third kappa shape index (κ3) is 3.28. The van der Waals surface area contributed by atoms with E-state index in [4.69, 9.17) is 9.47 Å². The second kappa shape index (κ2) is 6.55. The average Bonchev–Trinajstić information content (AvgIpc) is 2.87. The Labute approximate surface area is 150 Å². The van der Waals surface area contributed by atoms with Gasteiger partial charge in [-0.3, -0.25) is 4.79 Å². The maximum atomic E-state index is 11.8. The fraction of sp³-hybridized carbons (Fsp3) is 0.409. The Morgan fingerprint density at radius 1 is 1.24 bits per heavy atom. The lowest BCUT2D eigenvalue weighted by Crippen LogP contribution is -2.25. The van der Waals surface area contributed by atoms with E-state index in [1.54, 1.807) is 0 Å². The molecule has 0 radical (unpaired) electrons. The summed E-state index contributed by atoms with van der Waals surface area (Å²) in [4.78, 5) is 11.8. The van der Waals surface area contributed by atoms with Gasteiger partial charge in [0.05, 0.1) is 5.56 Å². The van der Waals surface area contributed by atoms with Gasteiger partial charge in [0.25, 0.3) is 0 Å². The quantitative estimate of drug-likeness (QED) is 0.701. The lowest BCUT2D eigenvalue weighted by molar-refractivity contribution is 0.110. The van der Waals surface area contributed by atoms with Crippen LogP contribution in [0.5, 0.6) is 11.5 Å². The smallest absolute Gasteiger partial charge is 0.154 e. The van der Waals surface area contributed by atoms with E-state index < -0.39 is 0 Å². The number of fused-ring (bicyclic) bond motifs is 1. The number of carbonyl (C=O) groups excluding carboxylic acids is 1. The molecule has 0 fully saturated rings. The van der Waals surface area contributed by atoms with Crippen molar-refractivity contribution >= 4 is 6.29 Å². The number of aldehydes is 1. The van der Waals surface area contributed by atoms with E-state index in [-0.39, 0.29) is 11.5 Å². The minimum Gasteiger partial charge on any atom is -0.488 e. The van der Waals surface area contributed by atoms with Crippen molar-refractivity contribution in [2.75, 3.05) is 0 Å². The van der Waals surface area contributed by atoms with E-state index in [0.29, 0.717) is 12.2 Å². The highest BCUT2D eigenvalue weighted by molar-refractivity contribution is 5.86. The van der Waals surface area contributed by atoms with E-state index >= 15 is 0 Å². The molecular formula is C22H26O3. The molecule has 25 heavy (non-hydrogen) atoms. The Balaban J connectivity index is 2.10. The van der Waals surface area contributed by atoms with Crippen LogP contribution in [0, 0.1) is 6.92 Å². The lowest BCUT2D eigenvalue weighted by Gasteiger charge is -2.21. The van der Waals surface area contributed by atoms with Crippen molar-refractivity contribution < 1.29 is 14.3 Å². The topological polar surface area (TPSA) is 35.5 Å². The average molecular weight is 338 g/mol. The Kier molecular flexibility index (Phi) is 4.59. The monoisotopic (exact) mass is 338 g/mol. The van der Waals surface area contributed by atoms with Gasteiger partial charge in [-0.15, -0.1) is 0 Å². The molecule has 132 valence electrons. The summed E-state index contributed by atoms with van der Waals surface area (Å²) in [5.41, 5.74) is 4.59. The van der Waals surface area contributed by atoms with Gasteiger partial charge in [0, 0.05) is 23.1 Å². The second-order valence-electron chi connectivity index (χ2n) is 7.67. The van der Waals surface area contributed by atoms with E-state index in [1.807, 2.05) is 37.3 Å². The fourth-order valence-corrected chi connectivity index (χ4v) is 3.62. The zero-order chi connectivity index (χ0) is 18.2. The minimum atomic E-state index is -0.297. The first kappa shape index (κ1) is 17.5. The zero-order valence-electron chi connectivity index (χ0n) is 15.7. The third-order valence-corrected chi connectivity index (χ3v) is 4.74. The minimum absolute atomic E-state index is 0.288. The Bertz CT molecular complexity index is 789. The van der Waals surface area contributed by atoms with Crippen LogP contribution in [0.2, 0.25) is 0 Å². The van der Waals surface area contributed by atoms with Crippen molar-refractivity contribution in [2.24, 2.45) is 0 Å². The summed E-state index contributed by atoms with van der Waals surface area (Å²) in [5, 5.41) is 0. The van der Waals surface area contributed by atoms with Crippen molar-refractivity contribution in [3.05, 3.63) is 58.1 Å². The summed E-state index contributed by atoms with van der Waals surface area (Å²) in [7, 11) is 0. The standard InChI is InChI=1S/C22H26O3/c1-14(2)19-17-11-22(4,5)25-21(17)18(12-23)15(3)20(19)24-13-16-9-7-6-8-10-16/h6-10,12,14H,11,13H2,1-5H3. The Morgan fingerprint density at radius 2 is 1.92 bits per heavy atom. The molecule has 0 saturated heterocycles. The molecule has 0 bridgehead atoms. The molecule has 3 rings (SSSR count). The van der Waals surface area contributed by atoms with Crippen molar-refractivity contribution in [1.29, 1.82) is 0 Å². The molecule has 1 aliphatic heterocycles. The molecule has 2 aromatic rings. The number of hydrogen-bond donors (Lipinski definition) is 0. The molecule has 0 spiro atoms. The molecule has 0 aromatic heterocycles. The summed E-state index contributed by atoms with van der Waals surface area (Å²) in [6.07, 6.45) is 1.69. The van der Waals surface area contributed by atoms with E-state index in [9.17, 15) is 4.79 Å². The second-order valence-corrected chi connectivity index (χ2v) is 7.67. The van der Waals surface area contributed by atoms with Gasteiger partial charge in [0.15, 0.2) is 6.29 Å². The molecule has 0 N–H and O–H groups in total. The molecular weight excluding hydrogens is 312 g/mol. The van der Waals surface area contributed by atoms with Gasteiger partial charge in [-0.2, -0.15) is 0 Å². The van der Waals surface area contributed by atoms with Gasteiger partial charge in [-0.25, -0.2) is 0 Å². The van der Waals surface area contributed by atoms with Crippen LogP contribution in [0.25, 0.3) is 0 Å². The lowest BCUT2D eigenvalue weighted by atomic mass is 9.87. The highest BCUT2D eigenvalue weighted by Gasteiger charge is 2.37. The van der Waals surface area contributed by atoms with Crippen LogP contribution in [-0.4, -0.2) is 11.9 Å². The van der Waals surface area contributed by atoms with Crippen LogP contribution in [0.4, 0.5) is 0 Å². The van der Waals surface area contributed by atoms with Crippen molar-refractivity contribution in [3.8, 4) is 11.5 Å². The molecule has 3 nitrogen and oxygen atoms in total. The van der Waals surface area contributed by atoms with Crippen molar-refractivity contribution in [1.82, 2.24) is 0 Å². The molecule has 1 aliphatic rings. The van der Waals surface area contributed by atoms with Gasteiger partial charge in [-0.05, 0) is 32.3 Å². The maximum Gasteiger partial charge on any atom is 0.154 e. The van der Waals surface area contributed by atoms with Gasteiger partial charge >= 0.3 is 0 Å². The number of rotatable bonds is 5. The summed E-state index contributed by atoms with van der Waals surface area (Å²) in [6, 6.07) is 10.1. The number of carbonyl (C=O) groups is 1. The summed E-state index contributed by atoms with van der Waals surface area (Å²) in [6.45, 7) is 10.9. The highest BCUT2D eigenvalue weighted by Crippen LogP contribution is 2.47. The zero-order valence-corrected chi connectivity index (χ0v) is 15.7. The summed E-state index contributed by atoms with van der Waals surface area (Å²) < 4.78 is 12.4. The normalized spacial score (nSPS) is 15.0. The SMILES string of the molecule is Cc1c(C=O)c2c(c(C(C)C)c1OCc1ccccc1)CC(C)(C)O2. The van der Waals surface area contributed by atoms with Crippen LogP contribution < -0.4 is 9.47 Å². The van der Waals surface area contributed by atoms with Crippen LogP contribution in [0.3, 0.4) is 0 Å². The van der Waals surface area contributed by atoms with Crippen LogP contribution in [0.1, 0.15) is 66.2 Å². The largest absolute Gasteiger partial charge is 0.488 e. The predicted octanol–water partition coefficient (Wildman–Crippen LogP) is 5.22. The van der Waals surface area contributed by atoms with Gasteiger partial charge < -0.3 is 9.47 Å². The molecule has 3 heteroatoms. The van der Waals surface area contributed by atoms with Crippen LogP contribution >= 0.6 is 0 Å². The predicted molar refractivity (Wildman–Crippen MR) is 99.8 cm³/mol. The maximum absolute atomic E-state index is 11.8. The molecule has 0 atom stereocenters. The van der Waals surface area contributed by atoms with Gasteiger partial charge in [0.1, 0.15) is 23.7 Å². The van der Waals surface area contributed by atoms with Crippen molar-refractivity contribution in [3.63, 3.8) is 0 Å². The first-order valence-electron chi connectivity index (χ1n) is 8.84. The number of hydrogen-bond acceptors (Lipinski definition) is 3.